The number of hydrogen-bond donors (Lipinski definition) is 1. The minimum atomic E-state index is -0.509. The fourth-order valence-electron chi connectivity index (χ4n) is 2.47. The summed E-state index contributed by atoms with van der Waals surface area (Å²) in [6.07, 6.45) is 0.216. The third-order valence-corrected chi connectivity index (χ3v) is 3.84. The summed E-state index contributed by atoms with van der Waals surface area (Å²) in [7, 11) is 0. The number of aromatic nitrogens is 1. The molecule has 0 bridgehead atoms. The summed E-state index contributed by atoms with van der Waals surface area (Å²) in [5.74, 6) is -0.730. The van der Waals surface area contributed by atoms with Crippen LogP contribution in [0.3, 0.4) is 0 Å². The number of rotatable bonds is 3. The lowest BCUT2D eigenvalue weighted by Gasteiger charge is -2.19. The molecule has 2 aromatic rings. The molecule has 0 radical (unpaired) electrons. The average molecular weight is 325 g/mol. The normalized spacial score (nSPS) is 21.0. The second-order valence-corrected chi connectivity index (χ2v) is 5.57. The zero-order chi connectivity index (χ0) is 15.7. The Morgan fingerprint density at radius 3 is 2.95 bits per heavy atom. The third-order valence-electron chi connectivity index (χ3n) is 3.53. The third kappa shape index (κ3) is 2.98. The molecule has 7 heteroatoms. The number of amides is 1. The van der Waals surface area contributed by atoms with E-state index >= 15 is 0 Å². The number of benzene rings is 1. The summed E-state index contributed by atoms with van der Waals surface area (Å²) in [5, 5.41) is 6.57. The second kappa shape index (κ2) is 6.06. The van der Waals surface area contributed by atoms with E-state index in [-0.39, 0.29) is 22.7 Å². The molecule has 2 heterocycles. The largest absolute Gasteiger partial charge is 0.371 e. The quantitative estimate of drug-likeness (QED) is 0.942. The van der Waals surface area contributed by atoms with E-state index in [1.165, 1.54) is 12.1 Å². The molecule has 1 fully saturated rings. The van der Waals surface area contributed by atoms with Crippen molar-refractivity contribution >= 4 is 17.5 Å². The minimum absolute atomic E-state index is 0.0551. The molecule has 3 rings (SSSR count). The SMILES string of the molecule is Cc1cc(C(=O)N[C@H]2CCO[C@H]2c2ccc(Cl)c(F)c2)on1. The lowest BCUT2D eigenvalue weighted by atomic mass is 10.0. The summed E-state index contributed by atoms with van der Waals surface area (Å²) < 4.78 is 24.1. The Morgan fingerprint density at radius 1 is 1.45 bits per heavy atom. The van der Waals surface area contributed by atoms with E-state index in [2.05, 4.69) is 10.5 Å². The molecule has 0 spiro atoms. The highest BCUT2D eigenvalue weighted by molar-refractivity contribution is 6.30. The van der Waals surface area contributed by atoms with Crippen molar-refractivity contribution in [1.29, 1.82) is 0 Å². The van der Waals surface area contributed by atoms with Gasteiger partial charge < -0.3 is 14.6 Å². The van der Waals surface area contributed by atoms with Crippen LogP contribution in [0.5, 0.6) is 0 Å². The Labute approximate surface area is 131 Å². The van der Waals surface area contributed by atoms with Gasteiger partial charge in [-0.3, -0.25) is 4.79 Å². The van der Waals surface area contributed by atoms with Crippen molar-refractivity contribution < 1.29 is 18.4 Å². The molecule has 0 aliphatic carbocycles. The van der Waals surface area contributed by atoms with Crippen LogP contribution in [0, 0.1) is 12.7 Å². The van der Waals surface area contributed by atoms with Gasteiger partial charge in [-0.25, -0.2) is 4.39 Å². The number of nitrogens with one attached hydrogen (secondary N) is 1. The van der Waals surface area contributed by atoms with E-state index in [1.807, 2.05) is 0 Å². The van der Waals surface area contributed by atoms with Gasteiger partial charge in [0.05, 0.1) is 16.8 Å². The lowest BCUT2D eigenvalue weighted by Crippen LogP contribution is -2.36. The van der Waals surface area contributed by atoms with Gasteiger partial charge in [-0.15, -0.1) is 0 Å². The highest BCUT2D eigenvalue weighted by Gasteiger charge is 2.32. The van der Waals surface area contributed by atoms with E-state index in [0.717, 1.165) is 0 Å². The van der Waals surface area contributed by atoms with E-state index in [0.29, 0.717) is 24.3 Å². The van der Waals surface area contributed by atoms with E-state index in [9.17, 15) is 9.18 Å². The van der Waals surface area contributed by atoms with Gasteiger partial charge in [0.15, 0.2) is 0 Å². The molecule has 1 aliphatic heterocycles. The first kappa shape index (κ1) is 15.0. The Bertz CT molecular complexity index is 704. The number of aryl methyl sites for hydroxylation is 1. The Hall–Kier alpha value is -1.92. The smallest absolute Gasteiger partial charge is 0.290 e. The molecule has 116 valence electrons. The molecule has 1 amide bonds. The fourth-order valence-corrected chi connectivity index (χ4v) is 2.58. The first-order chi connectivity index (χ1) is 10.5. The van der Waals surface area contributed by atoms with Gasteiger partial charge in [-0.05, 0) is 31.0 Å². The van der Waals surface area contributed by atoms with Crippen LogP contribution in [-0.4, -0.2) is 23.7 Å². The molecule has 5 nitrogen and oxygen atoms in total. The molecule has 22 heavy (non-hydrogen) atoms. The van der Waals surface area contributed by atoms with Crippen molar-refractivity contribution in [3.05, 3.63) is 52.1 Å². The van der Waals surface area contributed by atoms with Gasteiger partial charge in [0, 0.05) is 12.7 Å². The number of hydrogen-bond acceptors (Lipinski definition) is 4. The molecule has 1 N–H and O–H groups in total. The molecular weight excluding hydrogens is 311 g/mol. The standard InChI is InChI=1S/C15H14ClFN2O3/c1-8-6-13(22-19-8)15(20)18-12-4-5-21-14(12)9-2-3-10(16)11(17)7-9/h2-3,6-7,12,14H,4-5H2,1H3,(H,18,20)/t12-,14-/m0/s1. The van der Waals surface area contributed by atoms with E-state index in [1.54, 1.807) is 19.1 Å². The van der Waals surface area contributed by atoms with Crippen molar-refractivity contribution in [2.45, 2.75) is 25.5 Å². The van der Waals surface area contributed by atoms with Crippen molar-refractivity contribution in [3.63, 3.8) is 0 Å². The van der Waals surface area contributed by atoms with Gasteiger partial charge in [0.25, 0.3) is 5.91 Å². The lowest BCUT2D eigenvalue weighted by molar-refractivity contribution is 0.0794. The summed E-state index contributed by atoms with van der Waals surface area (Å²) >= 11 is 5.69. The van der Waals surface area contributed by atoms with Crippen LogP contribution in [0.25, 0.3) is 0 Å². The molecular formula is C15H14ClFN2O3. The highest BCUT2D eigenvalue weighted by Crippen LogP contribution is 2.31. The summed E-state index contributed by atoms with van der Waals surface area (Å²) in [6.45, 7) is 2.22. The summed E-state index contributed by atoms with van der Waals surface area (Å²) in [4.78, 5) is 12.1. The highest BCUT2D eigenvalue weighted by atomic mass is 35.5. The van der Waals surface area contributed by atoms with Gasteiger partial charge >= 0.3 is 0 Å². The Kier molecular flexibility index (Phi) is 4.13. The number of halogens is 2. The van der Waals surface area contributed by atoms with E-state index in [4.69, 9.17) is 20.9 Å². The van der Waals surface area contributed by atoms with Crippen molar-refractivity contribution in [3.8, 4) is 0 Å². The monoisotopic (exact) mass is 324 g/mol. The van der Waals surface area contributed by atoms with Crippen LogP contribution in [0.4, 0.5) is 4.39 Å². The zero-order valence-electron chi connectivity index (χ0n) is 11.8. The summed E-state index contributed by atoms with van der Waals surface area (Å²) in [6, 6.07) is 5.79. The maximum absolute atomic E-state index is 13.6. The number of nitrogens with zero attached hydrogens (tertiary/aromatic N) is 1. The van der Waals surface area contributed by atoms with Gasteiger partial charge in [0.2, 0.25) is 5.76 Å². The minimum Gasteiger partial charge on any atom is -0.371 e. The van der Waals surface area contributed by atoms with Gasteiger partial charge in [0.1, 0.15) is 11.9 Å². The van der Waals surface area contributed by atoms with Gasteiger partial charge in [-0.2, -0.15) is 0 Å². The Morgan fingerprint density at radius 2 is 2.27 bits per heavy atom. The first-order valence-corrected chi connectivity index (χ1v) is 7.23. The molecule has 1 saturated heterocycles. The van der Waals surface area contributed by atoms with Crippen LogP contribution in [0.2, 0.25) is 5.02 Å². The predicted molar refractivity (Wildman–Crippen MR) is 77.2 cm³/mol. The maximum Gasteiger partial charge on any atom is 0.290 e. The molecule has 1 aliphatic rings. The fraction of sp³-hybridized carbons (Fsp3) is 0.333. The Balaban J connectivity index is 1.75. The van der Waals surface area contributed by atoms with Crippen LogP contribution in [-0.2, 0) is 4.74 Å². The van der Waals surface area contributed by atoms with E-state index < -0.39 is 11.9 Å². The first-order valence-electron chi connectivity index (χ1n) is 6.85. The molecule has 1 aromatic heterocycles. The topological polar surface area (TPSA) is 64.4 Å². The van der Waals surface area contributed by atoms with Crippen LogP contribution >= 0.6 is 11.6 Å². The predicted octanol–water partition coefficient (Wildman–Crippen LogP) is 3.04. The number of carbonyl (C=O) groups excluding carboxylic acids is 1. The average Bonchev–Trinajstić information content (AvgIpc) is 3.11. The molecule has 0 saturated carbocycles. The van der Waals surface area contributed by atoms with Crippen LogP contribution in [0.1, 0.15) is 34.3 Å². The number of ether oxygens (including phenoxy) is 1. The van der Waals surface area contributed by atoms with Crippen LogP contribution in [0.15, 0.2) is 28.8 Å². The molecule has 1 aromatic carbocycles. The van der Waals surface area contributed by atoms with Crippen molar-refractivity contribution in [2.75, 3.05) is 6.61 Å². The second-order valence-electron chi connectivity index (χ2n) is 5.17. The molecule has 0 unspecified atom stereocenters. The molecule has 2 atom stereocenters. The summed E-state index contributed by atoms with van der Waals surface area (Å²) in [5.41, 5.74) is 1.27. The van der Waals surface area contributed by atoms with Crippen LogP contribution < -0.4 is 5.32 Å². The van der Waals surface area contributed by atoms with Crippen molar-refractivity contribution in [2.24, 2.45) is 0 Å². The number of carbonyl (C=O) groups is 1. The maximum atomic E-state index is 13.6. The van der Waals surface area contributed by atoms with Gasteiger partial charge in [-0.1, -0.05) is 22.8 Å². The van der Waals surface area contributed by atoms with Crippen molar-refractivity contribution in [1.82, 2.24) is 10.5 Å². The zero-order valence-corrected chi connectivity index (χ0v) is 12.6.